The maximum Gasteiger partial charge on any atom is 0.410 e. The van der Waals surface area contributed by atoms with Crippen LogP contribution in [0.1, 0.15) is 88.2 Å². The molecule has 5 amide bonds. The quantitative estimate of drug-likeness (QED) is 0.354. The van der Waals surface area contributed by atoms with Crippen molar-refractivity contribution in [1.29, 1.82) is 0 Å². The van der Waals surface area contributed by atoms with Crippen LogP contribution in [-0.2, 0) is 47.0 Å². The van der Waals surface area contributed by atoms with Gasteiger partial charge < -0.3 is 25.0 Å². The first-order chi connectivity index (χ1) is 24.9. The first-order valence-electron chi connectivity index (χ1n) is 18.4. The lowest BCUT2D eigenvalue weighted by atomic mass is 9.86. The first-order valence-corrected chi connectivity index (χ1v) is 20.0. The van der Waals surface area contributed by atoms with Gasteiger partial charge in [0.05, 0.1) is 24.9 Å². The molecule has 3 N–H and O–H groups in total. The minimum Gasteiger partial charge on any atom is -0.449 e. The van der Waals surface area contributed by atoms with Crippen LogP contribution >= 0.6 is 0 Å². The van der Waals surface area contributed by atoms with Gasteiger partial charge in [0.25, 0.3) is 5.91 Å². The summed E-state index contributed by atoms with van der Waals surface area (Å²) >= 11 is 0. The molecule has 0 radical (unpaired) electrons. The Morgan fingerprint density at radius 1 is 1.02 bits per heavy atom. The van der Waals surface area contributed by atoms with Gasteiger partial charge in [-0.3, -0.25) is 24.0 Å². The number of rotatable bonds is 7. The van der Waals surface area contributed by atoms with Crippen LogP contribution in [0.4, 0.5) is 14.0 Å². The SMILES string of the molecule is O=C(N[C@H]1CCCCCC=C[C@@H]2C[C@@]2(C(=O)NS(=O)(=O)C2CC2)NC(=O)[C@@H]2C[C@@H](OC(=O)N3Cc4cccc(F)c4C3)CN2C1=O)OCC1CCC1. The van der Waals surface area contributed by atoms with Crippen molar-refractivity contribution in [3.05, 3.63) is 47.3 Å². The molecule has 3 heterocycles. The van der Waals surface area contributed by atoms with E-state index in [-0.39, 0.29) is 45.5 Å². The molecule has 6 aliphatic rings. The number of fused-ring (bicyclic) bond motifs is 3. The molecule has 14 nitrogen and oxygen atoms in total. The molecule has 3 aliphatic heterocycles. The Hall–Kier alpha value is -4.21. The van der Waals surface area contributed by atoms with E-state index in [0.29, 0.717) is 42.7 Å². The lowest BCUT2D eigenvalue weighted by Crippen LogP contribution is -2.58. The van der Waals surface area contributed by atoms with Crippen molar-refractivity contribution >= 4 is 39.9 Å². The number of hydrogen-bond acceptors (Lipinski definition) is 9. The normalized spacial score (nSPS) is 29.3. The number of nitrogens with zero attached hydrogens (tertiary/aromatic N) is 2. The van der Waals surface area contributed by atoms with Crippen LogP contribution in [0.5, 0.6) is 0 Å². The number of carbonyl (C=O) groups excluding carboxylic acids is 5. The van der Waals surface area contributed by atoms with Crippen LogP contribution in [0.3, 0.4) is 0 Å². The van der Waals surface area contributed by atoms with E-state index in [1.165, 1.54) is 15.9 Å². The Bertz CT molecular complexity index is 1750. The summed E-state index contributed by atoms with van der Waals surface area (Å²) in [5, 5.41) is 4.85. The molecule has 1 saturated heterocycles. The van der Waals surface area contributed by atoms with Gasteiger partial charge in [-0.1, -0.05) is 43.5 Å². The molecule has 16 heteroatoms. The molecule has 0 bridgehead atoms. The van der Waals surface area contributed by atoms with Crippen molar-refractivity contribution in [1.82, 2.24) is 25.2 Å². The third-order valence-corrected chi connectivity index (χ3v) is 13.1. The van der Waals surface area contributed by atoms with Gasteiger partial charge in [0, 0.05) is 24.4 Å². The Morgan fingerprint density at radius 3 is 2.56 bits per heavy atom. The molecule has 0 spiro atoms. The van der Waals surface area contributed by atoms with Crippen LogP contribution in [0.2, 0.25) is 0 Å². The number of allylic oxidation sites excluding steroid dienone is 1. The van der Waals surface area contributed by atoms with Crippen LogP contribution in [0.25, 0.3) is 0 Å². The summed E-state index contributed by atoms with van der Waals surface area (Å²) in [7, 11) is -3.91. The van der Waals surface area contributed by atoms with Crippen molar-refractivity contribution in [2.75, 3.05) is 13.2 Å². The van der Waals surface area contributed by atoms with Crippen molar-refractivity contribution in [3.8, 4) is 0 Å². The number of alkyl carbamates (subject to hydrolysis) is 1. The molecular formula is C36H46FN5O9S. The van der Waals surface area contributed by atoms with Crippen molar-refractivity contribution in [2.24, 2.45) is 11.8 Å². The third kappa shape index (κ3) is 7.76. The lowest BCUT2D eigenvalue weighted by Gasteiger charge is -2.30. The number of nitrogens with one attached hydrogen (secondary N) is 3. The standard InChI is InChI=1S/C36H46FN5O9S/c37-28-12-7-10-23-18-41(20-27(23)28)35(47)51-25-16-30-31(43)39-36(33(45)40-52(48,49)26-14-15-26)17-24(36)11-4-2-1-3-5-13-29(32(44)42(30)19-25)38-34(46)50-21-22-8-6-9-22/h4,7,10-12,22,24-26,29-30H,1-3,5-6,8-9,13-21H2,(H,38,46)(H,39,43)(H,40,45)/t24-,25-,29+,30+,36-/m1/s1. The number of carbonyl (C=O) groups is 5. The molecule has 0 aromatic heterocycles. The van der Waals surface area contributed by atoms with Crippen molar-refractivity contribution < 1.29 is 46.3 Å². The van der Waals surface area contributed by atoms with Crippen molar-refractivity contribution in [2.45, 2.75) is 119 Å². The van der Waals surface area contributed by atoms with Gasteiger partial charge in [-0.2, -0.15) is 0 Å². The van der Waals surface area contributed by atoms with Gasteiger partial charge in [0.2, 0.25) is 21.8 Å². The number of amides is 5. The van der Waals surface area contributed by atoms with E-state index in [1.54, 1.807) is 12.1 Å². The minimum atomic E-state index is -3.91. The zero-order valence-corrected chi connectivity index (χ0v) is 29.8. The molecule has 3 saturated carbocycles. The van der Waals surface area contributed by atoms with Crippen LogP contribution < -0.4 is 15.4 Å². The highest BCUT2D eigenvalue weighted by Crippen LogP contribution is 2.46. The van der Waals surface area contributed by atoms with Crippen molar-refractivity contribution in [3.63, 3.8) is 0 Å². The highest BCUT2D eigenvalue weighted by Gasteiger charge is 2.62. The number of benzene rings is 1. The van der Waals surface area contributed by atoms with Gasteiger partial charge in [-0.05, 0) is 68.9 Å². The molecule has 0 unspecified atom stereocenters. The molecule has 52 heavy (non-hydrogen) atoms. The van der Waals surface area contributed by atoms with Gasteiger partial charge >= 0.3 is 12.2 Å². The maximum absolute atomic E-state index is 14.4. The summed E-state index contributed by atoms with van der Waals surface area (Å²) < 4.78 is 53.4. The van der Waals surface area contributed by atoms with Gasteiger partial charge in [0.1, 0.15) is 29.5 Å². The molecule has 7 rings (SSSR count). The summed E-state index contributed by atoms with van der Waals surface area (Å²) in [6.45, 7) is 0.214. The smallest absolute Gasteiger partial charge is 0.410 e. The fourth-order valence-corrected chi connectivity index (χ4v) is 8.98. The van der Waals surface area contributed by atoms with Gasteiger partial charge in [0.15, 0.2) is 0 Å². The highest BCUT2D eigenvalue weighted by molar-refractivity contribution is 7.91. The summed E-state index contributed by atoms with van der Waals surface area (Å²) in [6.07, 6.45) is 8.37. The second-order valence-corrected chi connectivity index (χ2v) is 17.0. The summed E-state index contributed by atoms with van der Waals surface area (Å²) in [5.41, 5.74) is -0.497. The maximum atomic E-state index is 14.4. The van der Waals surface area contributed by atoms with E-state index in [0.717, 1.165) is 32.1 Å². The Balaban J connectivity index is 1.11. The summed E-state index contributed by atoms with van der Waals surface area (Å²) in [5.74, 6) is -2.71. The summed E-state index contributed by atoms with van der Waals surface area (Å²) in [4.78, 5) is 71.0. The largest absolute Gasteiger partial charge is 0.449 e. The van der Waals surface area contributed by atoms with E-state index >= 15 is 0 Å². The van der Waals surface area contributed by atoms with Crippen LogP contribution in [0.15, 0.2) is 30.4 Å². The van der Waals surface area contributed by atoms with Gasteiger partial charge in [-0.25, -0.2) is 22.4 Å². The molecule has 1 aromatic rings. The van der Waals surface area contributed by atoms with Gasteiger partial charge in [-0.15, -0.1) is 0 Å². The minimum absolute atomic E-state index is 0.00534. The van der Waals surface area contributed by atoms with E-state index in [1.807, 2.05) is 12.2 Å². The van der Waals surface area contributed by atoms with E-state index in [4.69, 9.17) is 9.47 Å². The van der Waals surface area contributed by atoms with Crippen LogP contribution in [-0.4, -0.2) is 90.3 Å². The van der Waals surface area contributed by atoms with E-state index in [9.17, 15) is 36.8 Å². The average Bonchev–Trinajstić information content (AvgIpc) is 3.96. The van der Waals surface area contributed by atoms with Crippen LogP contribution in [0, 0.1) is 17.7 Å². The summed E-state index contributed by atoms with van der Waals surface area (Å²) in [6, 6.07) is 2.37. The fraction of sp³-hybridized carbons (Fsp3) is 0.639. The molecule has 282 valence electrons. The second-order valence-electron chi connectivity index (χ2n) is 15.1. The Morgan fingerprint density at radius 2 is 1.83 bits per heavy atom. The fourth-order valence-electron chi connectivity index (χ4n) is 7.61. The second kappa shape index (κ2) is 14.7. The first kappa shape index (κ1) is 36.2. The number of hydrogen-bond donors (Lipinski definition) is 3. The molecule has 3 aliphatic carbocycles. The number of ether oxygens (including phenoxy) is 2. The third-order valence-electron chi connectivity index (χ3n) is 11.3. The zero-order valence-electron chi connectivity index (χ0n) is 29.0. The monoisotopic (exact) mass is 743 g/mol. The zero-order chi connectivity index (χ0) is 36.6. The predicted octanol–water partition coefficient (Wildman–Crippen LogP) is 3.15. The predicted molar refractivity (Wildman–Crippen MR) is 183 cm³/mol. The van der Waals surface area contributed by atoms with E-state index in [2.05, 4.69) is 15.4 Å². The Kier molecular flexibility index (Phi) is 10.2. The van der Waals surface area contributed by atoms with E-state index < -0.39 is 80.6 Å². The Labute approximate surface area is 302 Å². The topological polar surface area (TPSA) is 181 Å². The number of sulfonamides is 1. The number of halogens is 1. The molecular weight excluding hydrogens is 697 g/mol. The highest BCUT2D eigenvalue weighted by atomic mass is 32.2. The lowest BCUT2D eigenvalue weighted by molar-refractivity contribution is -0.141. The molecule has 1 aromatic carbocycles. The molecule has 4 fully saturated rings. The molecule has 5 atom stereocenters. The average molecular weight is 744 g/mol.